The van der Waals surface area contributed by atoms with Gasteiger partial charge in [-0.1, -0.05) is 71.8 Å². The number of hydrogen-bond acceptors (Lipinski definition) is 4. The molecule has 2 heterocycles. The molecule has 0 N–H and O–H groups in total. The number of nitrogens with zero attached hydrogens (tertiary/aromatic N) is 5. The Kier molecular flexibility index (Phi) is 3.28. The summed E-state index contributed by atoms with van der Waals surface area (Å²) in [6, 6.07) is 28.3. The molecular weight excluding hydrogens is 370 g/mol. The van der Waals surface area contributed by atoms with E-state index >= 15 is 0 Å². The Bertz CT molecular complexity index is 1140. The highest BCUT2D eigenvalue weighted by molar-refractivity contribution is 5.58. The van der Waals surface area contributed by atoms with Crippen molar-refractivity contribution in [2.45, 2.75) is 11.8 Å². The van der Waals surface area contributed by atoms with Gasteiger partial charge < -0.3 is 4.90 Å². The van der Waals surface area contributed by atoms with Gasteiger partial charge in [-0.15, -0.1) is 0 Å². The summed E-state index contributed by atoms with van der Waals surface area (Å²) in [6.07, 6.45) is 0. The van der Waals surface area contributed by atoms with Gasteiger partial charge in [-0.3, -0.25) is 0 Å². The van der Waals surface area contributed by atoms with E-state index in [1.54, 1.807) is 0 Å². The van der Waals surface area contributed by atoms with Gasteiger partial charge in [-0.05, 0) is 56.6 Å². The third kappa shape index (κ3) is 2.09. The summed E-state index contributed by atoms with van der Waals surface area (Å²) < 4.78 is 1.87. The highest BCUT2D eigenvalue weighted by atomic mass is 15.6. The molecule has 2 bridgehead atoms. The van der Waals surface area contributed by atoms with Gasteiger partial charge in [-0.25, -0.2) is 0 Å². The standard InChI is InChI=1S/C25H21N5/c1-2-8-16(9-3-1)30-25(26-27-28-30)29-14-21-22(15-29)24-18-11-5-4-10-17(18)23(21)19-12-6-7-13-20(19)24/h1-13,21-24H,14-15H2. The van der Waals surface area contributed by atoms with E-state index in [4.69, 9.17) is 0 Å². The molecule has 4 aliphatic rings. The third-order valence-corrected chi connectivity index (χ3v) is 7.34. The second kappa shape index (κ2) is 6.02. The van der Waals surface area contributed by atoms with Crippen LogP contribution < -0.4 is 4.90 Å². The Morgan fingerprint density at radius 1 is 0.633 bits per heavy atom. The summed E-state index contributed by atoms with van der Waals surface area (Å²) in [7, 11) is 0. The first kappa shape index (κ1) is 16.3. The van der Waals surface area contributed by atoms with Crippen molar-refractivity contribution in [1.82, 2.24) is 20.2 Å². The van der Waals surface area contributed by atoms with Gasteiger partial charge in [0.15, 0.2) is 0 Å². The maximum atomic E-state index is 4.43. The highest BCUT2D eigenvalue weighted by Crippen LogP contribution is 2.60. The molecule has 2 atom stereocenters. The van der Waals surface area contributed by atoms with Crippen LogP contribution in [0.4, 0.5) is 5.95 Å². The molecule has 1 saturated heterocycles. The van der Waals surface area contributed by atoms with E-state index < -0.39 is 0 Å². The average molecular weight is 391 g/mol. The summed E-state index contributed by atoms with van der Waals surface area (Å²) in [6.45, 7) is 1.98. The van der Waals surface area contributed by atoms with Crippen LogP contribution in [-0.4, -0.2) is 33.3 Å². The van der Waals surface area contributed by atoms with Crippen molar-refractivity contribution in [2.75, 3.05) is 18.0 Å². The zero-order valence-electron chi connectivity index (χ0n) is 16.5. The molecule has 2 unspecified atom stereocenters. The maximum absolute atomic E-state index is 4.43. The van der Waals surface area contributed by atoms with E-state index in [1.807, 2.05) is 22.9 Å². The van der Waals surface area contributed by atoms with E-state index in [0.29, 0.717) is 23.7 Å². The summed E-state index contributed by atoms with van der Waals surface area (Å²) in [5, 5.41) is 12.7. The summed E-state index contributed by atoms with van der Waals surface area (Å²) in [5.74, 6) is 2.93. The SMILES string of the molecule is c1ccc(-n2nnnc2N2CC3C4c5ccccc5C(c5ccccc54)C3C2)cc1. The van der Waals surface area contributed by atoms with Crippen molar-refractivity contribution in [3.05, 3.63) is 101 Å². The number of benzene rings is 3. The molecule has 5 heteroatoms. The fourth-order valence-corrected chi connectivity index (χ4v) is 6.25. The van der Waals surface area contributed by atoms with Crippen LogP contribution in [0.3, 0.4) is 0 Å². The third-order valence-electron chi connectivity index (χ3n) is 7.34. The average Bonchev–Trinajstić information content (AvgIpc) is 3.47. The lowest BCUT2D eigenvalue weighted by atomic mass is 9.55. The lowest BCUT2D eigenvalue weighted by molar-refractivity contribution is 0.294. The number of tetrazole rings is 1. The van der Waals surface area contributed by atoms with Gasteiger partial charge in [0.1, 0.15) is 0 Å². The number of rotatable bonds is 2. The van der Waals surface area contributed by atoms with Gasteiger partial charge in [0, 0.05) is 24.9 Å². The van der Waals surface area contributed by atoms with Gasteiger partial charge in [0.05, 0.1) is 5.69 Å². The molecule has 8 rings (SSSR count). The molecule has 30 heavy (non-hydrogen) atoms. The van der Waals surface area contributed by atoms with Crippen molar-refractivity contribution in [3.8, 4) is 5.69 Å². The number of hydrogen-bond donors (Lipinski definition) is 0. The molecule has 1 fully saturated rings. The predicted octanol–water partition coefficient (Wildman–Crippen LogP) is 4.01. The minimum atomic E-state index is 0.457. The van der Waals surface area contributed by atoms with Crippen molar-refractivity contribution in [3.63, 3.8) is 0 Å². The molecule has 5 nitrogen and oxygen atoms in total. The molecule has 146 valence electrons. The monoisotopic (exact) mass is 391 g/mol. The molecule has 0 radical (unpaired) electrons. The molecule has 0 spiro atoms. The number of anilines is 1. The van der Waals surface area contributed by atoms with Crippen molar-refractivity contribution in [2.24, 2.45) is 11.8 Å². The smallest absolute Gasteiger partial charge is 0.250 e. The number of para-hydroxylation sites is 1. The van der Waals surface area contributed by atoms with Gasteiger partial charge in [0.25, 0.3) is 0 Å². The van der Waals surface area contributed by atoms with E-state index in [9.17, 15) is 0 Å². The zero-order chi connectivity index (χ0) is 19.7. The Morgan fingerprint density at radius 3 is 1.67 bits per heavy atom. The van der Waals surface area contributed by atoms with Crippen LogP contribution in [-0.2, 0) is 0 Å². The Hall–Kier alpha value is -3.47. The van der Waals surface area contributed by atoms with Crippen LogP contribution in [0.25, 0.3) is 5.69 Å². The fourth-order valence-electron chi connectivity index (χ4n) is 6.25. The molecule has 3 aromatic carbocycles. The first-order valence-corrected chi connectivity index (χ1v) is 10.7. The van der Waals surface area contributed by atoms with Gasteiger partial charge in [0.2, 0.25) is 5.95 Å². The molecule has 0 saturated carbocycles. The van der Waals surface area contributed by atoms with Gasteiger partial charge >= 0.3 is 0 Å². The second-order valence-corrected chi connectivity index (χ2v) is 8.67. The Morgan fingerprint density at radius 2 is 1.13 bits per heavy atom. The molecule has 3 aliphatic carbocycles. The molecular formula is C25H21N5. The van der Waals surface area contributed by atoms with E-state index in [2.05, 4.69) is 81.1 Å². The summed E-state index contributed by atoms with van der Waals surface area (Å²) >= 11 is 0. The molecule has 4 aromatic rings. The topological polar surface area (TPSA) is 46.8 Å². The van der Waals surface area contributed by atoms with Crippen LogP contribution in [0.2, 0.25) is 0 Å². The predicted molar refractivity (Wildman–Crippen MR) is 115 cm³/mol. The fraction of sp³-hybridized carbons (Fsp3) is 0.240. The minimum absolute atomic E-state index is 0.457. The van der Waals surface area contributed by atoms with Crippen molar-refractivity contribution < 1.29 is 0 Å². The highest BCUT2D eigenvalue weighted by Gasteiger charge is 2.53. The van der Waals surface area contributed by atoms with Crippen LogP contribution in [0, 0.1) is 11.8 Å². The van der Waals surface area contributed by atoms with Crippen LogP contribution in [0.5, 0.6) is 0 Å². The lowest BCUT2D eigenvalue weighted by Gasteiger charge is -2.47. The van der Waals surface area contributed by atoms with Gasteiger partial charge in [-0.2, -0.15) is 4.68 Å². The Balaban J connectivity index is 1.33. The van der Waals surface area contributed by atoms with E-state index in [1.165, 1.54) is 22.3 Å². The van der Waals surface area contributed by atoms with Crippen LogP contribution >= 0.6 is 0 Å². The summed E-state index contributed by atoms with van der Waals surface area (Å²) in [4.78, 5) is 2.40. The first-order valence-electron chi connectivity index (χ1n) is 10.7. The van der Waals surface area contributed by atoms with E-state index in [0.717, 1.165) is 24.7 Å². The van der Waals surface area contributed by atoms with Crippen LogP contribution in [0.15, 0.2) is 78.9 Å². The van der Waals surface area contributed by atoms with E-state index in [-0.39, 0.29) is 0 Å². The molecule has 1 aromatic heterocycles. The normalized spacial score (nSPS) is 25.7. The Labute approximate surface area is 175 Å². The van der Waals surface area contributed by atoms with Crippen LogP contribution in [0.1, 0.15) is 34.1 Å². The molecule has 0 amide bonds. The second-order valence-electron chi connectivity index (χ2n) is 8.67. The first-order chi connectivity index (χ1) is 14.9. The summed E-state index contributed by atoms with van der Waals surface area (Å²) in [5.41, 5.74) is 7.08. The van der Waals surface area contributed by atoms with Crippen molar-refractivity contribution in [1.29, 1.82) is 0 Å². The minimum Gasteiger partial charge on any atom is -0.339 e. The largest absolute Gasteiger partial charge is 0.339 e. The zero-order valence-corrected chi connectivity index (χ0v) is 16.5. The lowest BCUT2D eigenvalue weighted by Crippen LogP contribution is -2.39. The molecule has 1 aliphatic heterocycles. The maximum Gasteiger partial charge on any atom is 0.250 e. The quantitative estimate of drug-likeness (QED) is 0.518. The number of aromatic nitrogens is 4. The van der Waals surface area contributed by atoms with Crippen molar-refractivity contribution >= 4 is 5.95 Å².